The molecule has 0 unspecified atom stereocenters. The number of benzene rings is 3. The Morgan fingerprint density at radius 2 is 1.62 bits per heavy atom. The van der Waals surface area contributed by atoms with Gasteiger partial charge in [0.05, 0.1) is 25.4 Å². The zero-order valence-electron chi connectivity index (χ0n) is 25.4. The molecule has 45 heavy (non-hydrogen) atoms. The maximum atomic E-state index is 12.3. The molecule has 2 aliphatic heterocycles. The van der Waals surface area contributed by atoms with Crippen molar-refractivity contribution in [2.75, 3.05) is 19.7 Å². The maximum absolute atomic E-state index is 12.3. The molecule has 2 aliphatic rings. The van der Waals surface area contributed by atoms with Gasteiger partial charge in [-0.2, -0.15) is 0 Å². The van der Waals surface area contributed by atoms with Crippen molar-refractivity contribution in [2.45, 2.75) is 76.2 Å². The summed E-state index contributed by atoms with van der Waals surface area (Å²) in [5, 5.41) is 30.9. The summed E-state index contributed by atoms with van der Waals surface area (Å²) in [6, 6.07) is 24.0. The van der Waals surface area contributed by atoms with Crippen LogP contribution in [0.2, 0.25) is 0 Å². The number of aliphatic hydroxyl groups excluding tert-OH is 2. The summed E-state index contributed by atoms with van der Waals surface area (Å²) in [6.07, 6.45) is 2.54. The molecule has 5 rings (SSSR count). The second-order valence-electron chi connectivity index (χ2n) is 11.8. The molecule has 2 heterocycles. The zero-order chi connectivity index (χ0) is 31.6. The molecule has 0 radical (unpaired) electrons. The molecule has 2 amide bonds. The van der Waals surface area contributed by atoms with Gasteiger partial charge in [-0.15, -0.1) is 0 Å². The number of aliphatic hydroxyl groups is 2. The topological polar surface area (TPSA) is 141 Å². The lowest BCUT2D eigenvalue weighted by Gasteiger charge is -2.38. The number of amides is 2. The predicted molar refractivity (Wildman–Crippen MR) is 168 cm³/mol. The largest absolute Gasteiger partial charge is 0.395 e. The number of carbonyl (C=O) groups is 2. The van der Waals surface area contributed by atoms with Crippen molar-refractivity contribution < 1.29 is 34.5 Å². The minimum Gasteiger partial charge on any atom is -0.395 e. The molecule has 4 atom stereocenters. The number of nitrogens with one attached hydrogen (secondary N) is 2. The molecule has 0 bridgehead atoms. The molecule has 0 spiro atoms. The highest BCUT2D eigenvalue weighted by Crippen LogP contribution is 2.39. The normalized spacial score (nSPS) is 21.8. The van der Waals surface area contributed by atoms with E-state index in [9.17, 15) is 19.8 Å². The zero-order valence-corrected chi connectivity index (χ0v) is 25.4. The second kappa shape index (κ2) is 16.1. The van der Waals surface area contributed by atoms with Gasteiger partial charge >= 0.3 is 0 Å². The number of rotatable bonds is 13. The van der Waals surface area contributed by atoms with Gasteiger partial charge in [0.2, 0.25) is 11.8 Å². The fraction of sp³-hybridized carbons (Fsp3) is 0.429. The lowest BCUT2D eigenvalue weighted by molar-refractivity contribution is -0.253. The minimum absolute atomic E-state index is 0.00890. The molecule has 240 valence electrons. The first-order valence-electron chi connectivity index (χ1n) is 15.7. The van der Waals surface area contributed by atoms with E-state index in [1.165, 1.54) is 0 Å². The number of carbonyl (C=O) groups excluding carboxylic acids is 2. The van der Waals surface area contributed by atoms with Crippen molar-refractivity contribution in [2.24, 2.45) is 0 Å². The van der Waals surface area contributed by atoms with E-state index in [1.54, 1.807) is 5.48 Å². The third kappa shape index (κ3) is 8.76. The Hall–Kier alpha value is -3.64. The minimum atomic E-state index is -0.571. The Balaban J connectivity index is 1.28. The molecular formula is C35H43N3O7. The first kappa shape index (κ1) is 32.7. The summed E-state index contributed by atoms with van der Waals surface area (Å²) in [5.41, 5.74) is 7.32. The molecule has 0 saturated carbocycles. The van der Waals surface area contributed by atoms with Crippen LogP contribution in [0, 0.1) is 0 Å². The van der Waals surface area contributed by atoms with Gasteiger partial charge in [-0.05, 0) is 53.6 Å². The molecular weight excluding hydrogens is 574 g/mol. The van der Waals surface area contributed by atoms with Crippen molar-refractivity contribution in [3.8, 4) is 11.1 Å². The van der Waals surface area contributed by atoms with Crippen molar-refractivity contribution in [1.29, 1.82) is 0 Å². The molecule has 3 aromatic rings. The van der Waals surface area contributed by atoms with E-state index in [-0.39, 0.29) is 50.2 Å². The van der Waals surface area contributed by atoms with Crippen molar-refractivity contribution in [1.82, 2.24) is 15.7 Å². The summed E-state index contributed by atoms with van der Waals surface area (Å²) in [6.45, 7) is 2.16. The monoisotopic (exact) mass is 617 g/mol. The van der Waals surface area contributed by atoms with Gasteiger partial charge < -0.3 is 25.0 Å². The molecule has 2 saturated heterocycles. The van der Waals surface area contributed by atoms with Crippen LogP contribution in [0.5, 0.6) is 0 Å². The van der Waals surface area contributed by atoms with Crippen LogP contribution in [0.4, 0.5) is 0 Å². The lowest BCUT2D eigenvalue weighted by atomic mass is 9.97. The van der Waals surface area contributed by atoms with Crippen LogP contribution in [0.25, 0.3) is 11.1 Å². The summed E-state index contributed by atoms with van der Waals surface area (Å²) < 4.78 is 13.1. The molecule has 5 N–H and O–H groups in total. The summed E-state index contributed by atoms with van der Waals surface area (Å²) in [7, 11) is 0. The average Bonchev–Trinajstić information content (AvgIpc) is 3.54. The summed E-state index contributed by atoms with van der Waals surface area (Å²) in [5.74, 6) is -0.669. The van der Waals surface area contributed by atoms with Crippen molar-refractivity contribution in [3.05, 3.63) is 95.1 Å². The van der Waals surface area contributed by atoms with Gasteiger partial charge in [-0.3, -0.25) is 19.7 Å². The van der Waals surface area contributed by atoms with Gasteiger partial charge in [0.1, 0.15) is 0 Å². The number of hydroxylamine groups is 1. The first-order chi connectivity index (χ1) is 22.0. The molecule has 2 fully saturated rings. The highest BCUT2D eigenvalue weighted by molar-refractivity contribution is 5.78. The molecule has 10 heteroatoms. The van der Waals surface area contributed by atoms with Gasteiger partial charge in [-0.1, -0.05) is 72.8 Å². The SMILES string of the molecule is O=C(CCCC(=O)NCc1ccccc1-c1ccc([C@H]2O[C@@H](CN3CCC[C@H]3CO)C[C@@H](c3ccc(CO)cc3)O2)cc1)NO. The van der Waals surface area contributed by atoms with Crippen LogP contribution >= 0.6 is 0 Å². The Kier molecular flexibility index (Phi) is 11.7. The summed E-state index contributed by atoms with van der Waals surface area (Å²) >= 11 is 0. The summed E-state index contributed by atoms with van der Waals surface area (Å²) in [4.78, 5) is 25.8. The van der Waals surface area contributed by atoms with E-state index in [1.807, 2.05) is 72.8 Å². The van der Waals surface area contributed by atoms with Crippen LogP contribution in [0.15, 0.2) is 72.8 Å². The van der Waals surface area contributed by atoms with E-state index in [4.69, 9.17) is 14.7 Å². The Labute approximate surface area is 263 Å². The number of hydrogen-bond acceptors (Lipinski definition) is 8. The fourth-order valence-corrected chi connectivity index (χ4v) is 6.16. The van der Waals surface area contributed by atoms with Gasteiger partial charge in [0.15, 0.2) is 6.29 Å². The molecule has 3 aromatic carbocycles. The Morgan fingerprint density at radius 3 is 2.36 bits per heavy atom. The average molecular weight is 618 g/mol. The van der Waals surface area contributed by atoms with E-state index in [0.29, 0.717) is 19.4 Å². The van der Waals surface area contributed by atoms with Crippen LogP contribution in [-0.4, -0.2) is 64.0 Å². The second-order valence-corrected chi connectivity index (χ2v) is 11.8. The fourth-order valence-electron chi connectivity index (χ4n) is 6.16. The van der Waals surface area contributed by atoms with Crippen molar-refractivity contribution >= 4 is 11.8 Å². The van der Waals surface area contributed by atoms with E-state index in [0.717, 1.165) is 59.3 Å². The quantitative estimate of drug-likeness (QED) is 0.142. The highest BCUT2D eigenvalue weighted by atomic mass is 16.7. The number of nitrogens with zero attached hydrogens (tertiary/aromatic N) is 1. The van der Waals surface area contributed by atoms with Gasteiger partial charge in [0, 0.05) is 44.0 Å². The van der Waals surface area contributed by atoms with Gasteiger partial charge in [-0.25, -0.2) is 5.48 Å². The predicted octanol–water partition coefficient (Wildman–Crippen LogP) is 4.14. The van der Waals surface area contributed by atoms with Crippen molar-refractivity contribution in [3.63, 3.8) is 0 Å². The molecule has 0 aliphatic carbocycles. The smallest absolute Gasteiger partial charge is 0.243 e. The lowest BCUT2D eigenvalue weighted by Crippen LogP contribution is -2.42. The highest BCUT2D eigenvalue weighted by Gasteiger charge is 2.35. The number of likely N-dealkylation sites (tertiary alicyclic amines) is 1. The molecule has 0 aromatic heterocycles. The third-order valence-electron chi connectivity index (χ3n) is 8.68. The molecule has 10 nitrogen and oxygen atoms in total. The number of ether oxygens (including phenoxy) is 2. The Morgan fingerprint density at radius 1 is 0.889 bits per heavy atom. The van der Waals surface area contributed by atoms with Crippen LogP contribution in [0.3, 0.4) is 0 Å². The van der Waals surface area contributed by atoms with E-state index >= 15 is 0 Å². The van der Waals surface area contributed by atoms with Crippen LogP contribution in [0.1, 0.15) is 73.2 Å². The third-order valence-corrected chi connectivity index (χ3v) is 8.68. The first-order valence-corrected chi connectivity index (χ1v) is 15.7. The maximum Gasteiger partial charge on any atom is 0.243 e. The van der Waals surface area contributed by atoms with Gasteiger partial charge in [0.25, 0.3) is 0 Å². The Bertz CT molecular complexity index is 1400. The standard InChI is InChI=1S/C35H43N3O7/c39-22-24-10-12-26(13-11-24)32-19-30(21-38-18-4-6-29(38)23-40)44-35(45-32)27-16-14-25(15-17-27)31-7-2-1-5-28(31)20-36-33(41)8-3-9-34(42)37-43/h1-2,5,7,10-17,29-30,32,35,39-40,43H,3-4,6,8-9,18-23H2,(H,36,41)(H,37,42)/t29-,30+,32-,35-/m0/s1. The van der Waals surface area contributed by atoms with E-state index < -0.39 is 12.2 Å². The van der Waals surface area contributed by atoms with Crippen LogP contribution < -0.4 is 10.8 Å². The number of hydrogen-bond donors (Lipinski definition) is 5. The van der Waals surface area contributed by atoms with E-state index in [2.05, 4.69) is 10.2 Å². The van der Waals surface area contributed by atoms with Crippen LogP contribution in [-0.2, 0) is 32.2 Å².